The maximum absolute atomic E-state index is 12.3. The molecule has 0 radical (unpaired) electrons. The molecular formula is C64H68F3N11O6. The summed E-state index contributed by atoms with van der Waals surface area (Å²) in [7, 11) is 1.66. The Kier molecular flexibility index (Phi) is 27.1. The number of rotatable bonds is 30. The number of hydrogen-bond donors (Lipinski definition) is 1. The van der Waals surface area contributed by atoms with Gasteiger partial charge in [0.15, 0.2) is 20.6 Å². The van der Waals surface area contributed by atoms with E-state index in [2.05, 4.69) is 61.8 Å². The SMILES string of the molecule is COCc1cccc(CN(Cc2ccccn2)Cc2cccc(COCF)n2)n1.FCOCc1cccc(CN(Cc2ccccn2)Cc2ccccn2)c1.O=C(O)CN(Cc1cccc(COCF)n1)C(c1ccccn1)c1ccccn1. The molecule has 0 unspecified atom stereocenters. The van der Waals surface area contributed by atoms with E-state index in [1.54, 1.807) is 60.9 Å². The lowest BCUT2D eigenvalue weighted by molar-refractivity contribution is -0.139. The van der Waals surface area contributed by atoms with Gasteiger partial charge in [0.05, 0.1) is 102 Å². The lowest BCUT2D eigenvalue weighted by Gasteiger charge is -2.29. The number of methoxy groups -OCH3 is 1. The highest BCUT2D eigenvalue weighted by atomic mass is 19.1. The molecule has 1 aromatic carbocycles. The van der Waals surface area contributed by atoms with Crippen LogP contribution in [0, 0.1) is 0 Å². The van der Waals surface area contributed by atoms with Gasteiger partial charge in [-0.15, -0.1) is 0 Å². The van der Waals surface area contributed by atoms with Crippen LogP contribution in [0.1, 0.15) is 79.8 Å². The summed E-state index contributed by atoms with van der Waals surface area (Å²) in [6.45, 7) is 2.60. The highest BCUT2D eigenvalue weighted by molar-refractivity contribution is 5.69. The first-order valence-electron chi connectivity index (χ1n) is 27.0. The van der Waals surface area contributed by atoms with Gasteiger partial charge < -0.3 is 24.1 Å². The highest BCUT2D eigenvalue weighted by Gasteiger charge is 2.27. The minimum atomic E-state index is -0.973. The number of carbonyl (C=O) groups is 1. The van der Waals surface area contributed by atoms with Crippen molar-refractivity contribution in [1.82, 2.24) is 54.6 Å². The van der Waals surface area contributed by atoms with Crippen LogP contribution in [0.25, 0.3) is 0 Å². The third-order valence-corrected chi connectivity index (χ3v) is 12.4. The molecule has 0 fully saturated rings. The van der Waals surface area contributed by atoms with E-state index in [-0.39, 0.29) is 32.9 Å². The Hall–Kier alpha value is -8.60. The van der Waals surface area contributed by atoms with Crippen molar-refractivity contribution in [2.24, 2.45) is 0 Å². The smallest absolute Gasteiger partial charge is 0.317 e. The molecule has 9 rings (SSSR count). The Morgan fingerprint density at radius 1 is 0.417 bits per heavy atom. The van der Waals surface area contributed by atoms with Gasteiger partial charge in [0.25, 0.3) is 0 Å². The largest absolute Gasteiger partial charge is 0.480 e. The number of halogens is 3. The quantitative estimate of drug-likeness (QED) is 0.0447. The average molecular weight is 1140 g/mol. The Balaban J connectivity index is 0.000000181. The van der Waals surface area contributed by atoms with Gasteiger partial charge in [0.1, 0.15) is 0 Å². The van der Waals surface area contributed by atoms with Crippen molar-refractivity contribution in [2.45, 2.75) is 78.3 Å². The Morgan fingerprint density at radius 3 is 1.20 bits per heavy atom. The number of pyridine rings is 8. The van der Waals surface area contributed by atoms with Gasteiger partial charge in [-0.25, -0.2) is 13.2 Å². The fourth-order valence-electron chi connectivity index (χ4n) is 8.94. The van der Waals surface area contributed by atoms with Crippen LogP contribution < -0.4 is 0 Å². The molecule has 0 atom stereocenters. The Morgan fingerprint density at radius 2 is 0.786 bits per heavy atom. The number of nitrogens with zero attached hydrogens (tertiary/aromatic N) is 11. The molecule has 8 aromatic heterocycles. The summed E-state index contributed by atoms with van der Waals surface area (Å²) in [5.41, 5.74) is 11.1. The maximum Gasteiger partial charge on any atom is 0.317 e. The molecule has 0 aliphatic rings. The van der Waals surface area contributed by atoms with E-state index in [9.17, 15) is 23.1 Å². The van der Waals surface area contributed by atoms with Gasteiger partial charge in [0.2, 0.25) is 0 Å². The predicted molar refractivity (Wildman–Crippen MR) is 309 cm³/mol. The van der Waals surface area contributed by atoms with E-state index < -0.39 is 32.6 Å². The van der Waals surface area contributed by atoms with Crippen LogP contribution in [0.2, 0.25) is 0 Å². The molecule has 0 aliphatic carbocycles. The van der Waals surface area contributed by atoms with Crippen LogP contribution in [-0.4, -0.2) is 99.9 Å². The summed E-state index contributed by atoms with van der Waals surface area (Å²) in [5.74, 6) is -0.973. The normalized spacial score (nSPS) is 11.1. The van der Waals surface area contributed by atoms with Crippen molar-refractivity contribution < 1.29 is 42.0 Å². The number of aliphatic carboxylic acids is 1. The molecule has 84 heavy (non-hydrogen) atoms. The van der Waals surface area contributed by atoms with Gasteiger partial charge in [-0.05, 0) is 108 Å². The first kappa shape index (κ1) is 63.0. The highest BCUT2D eigenvalue weighted by Crippen LogP contribution is 2.27. The lowest BCUT2D eigenvalue weighted by atomic mass is 10.1. The van der Waals surface area contributed by atoms with Crippen LogP contribution in [0.4, 0.5) is 13.2 Å². The molecule has 1 N–H and O–H groups in total. The molecule has 436 valence electrons. The van der Waals surface area contributed by atoms with E-state index in [4.69, 9.17) is 18.9 Å². The molecule has 20 heteroatoms. The zero-order chi connectivity index (χ0) is 58.8. The van der Waals surface area contributed by atoms with Crippen molar-refractivity contribution in [2.75, 3.05) is 34.2 Å². The van der Waals surface area contributed by atoms with Gasteiger partial charge in [-0.1, -0.05) is 72.8 Å². The monoisotopic (exact) mass is 1140 g/mol. The van der Waals surface area contributed by atoms with Crippen LogP contribution in [0.5, 0.6) is 0 Å². The number of carboxylic acid groups (broad SMARTS) is 1. The second-order valence-corrected chi connectivity index (χ2v) is 19.0. The fraction of sp³-hybridized carbons (Fsp3) is 0.266. The molecule has 0 aliphatic heterocycles. The minimum Gasteiger partial charge on any atom is -0.480 e. The minimum absolute atomic E-state index is 0.0488. The maximum atomic E-state index is 12.3. The van der Waals surface area contributed by atoms with Crippen molar-refractivity contribution in [3.63, 3.8) is 0 Å². The molecule has 9 aromatic rings. The molecule has 0 bridgehead atoms. The van der Waals surface area contributed by atoms with Gasteiger partial charge in [-0.3, -0.25) is 59.4 Å². The number of carboxylic acids is 1. The molecular weight excluding hydrogens is 1080 g/mol. The van der Waals surface area contributed by atoms with Crippen molar-refractivity contribution >= 4 is 5.97 Å². The second kappa shape index (κ2) is 36.1. The third kappa shape index (κ3) is 22.6. The fourth-order valence-corrected chi connectivity index (χ4v) is 8.94. The average Bonchev–Trinajstić information content (AvgIpc) is 3.66. The van der Waals surface area contributed by atoms with E-state index in [1.165, 1.54) is 0 Å². The van der Waals surface area contributed by atoms with E-state index in [0.29, 0.717) is 54.7 Å². The zero-order valence-corrected chi connectivity index (χ0v) is 46.8. The molecule has 8 heterocycles. The van der Waals surface area contributed by atoms with Gasteiger partial charge in [-0.2, -0.15) is 0 Å². The summed E-state index contributed by atoms with van der Waals surface area (Å²) >= 11 is 0. The first-order valence-corrected chi connectivity index (χ1v) is 27.0. The second-order valence-electron chi connectivity index (χ2n) is 19.0. The lowest BCUT2D eigenvalue weighted by Crippen LogP contribution is -2.35. The van der Waals surface area contributed by atoms with E-state index in [1.807, 2.05) is 140 Å². The Labute approximate surface area is 487 Å². The molecule has 17 nitrogen and oxygen atoms in total. The van der Waals surface area contributed by atoms with Gasteiger partial charge >= 0.3 is 5.97 Å². The molecule has 0 saturated heterocycles. The van der Waals surface area contributed by atoms with Crippen molar-refractivity contribution in [3.05, 3.63) is 275 Å². The Bertz CT molecular complexity index is 3180. The van der Waals surface area contributed by atoms with Crippen LogP contribution in [0.3, 0.4) is 0 Å². The number of hydrogen-bond acceptors (Lipinski definition) is 16. The van der Waals surface area contributed by atoms with E-state index in [0.717, 1.165) is 64.9 Å². The number of aromatic nitrogens is 8. The van der Waals surface area contributed by atoms with Crippen LogP contribution in [-0.2, 0) is 96.0 Å². The predicted octanol–water partition coefficient (Wildman–Crippen LogP) is 10.8. The number of alkyl halides is 3. The standard InChI is InChI=1S/C22H25FN4O2.C21H21FN4O3.C21H22FN3O/c1-28-15-21-9-4-7-19(25-21)13-27(12-18-6-2-3-11-24-18)14-20-8-5-10-22(26-20)16-29-17-23;22-15-29-14-17-7-5-6-16(25-17)12-26(13-20(27)28)21(18-8-1-3-10-23-18)19-9-2-4-11-24-19;22-17-26-16-19-7-5-6-18(12-19)13-25(14-20-8-1-3-10-23-20)15-21-9-2-4-11-24-21/h2-11H,12-17H2,1H3;1-11,21H,12-15H2,(H,27,28);1-12H,13-17H2. The van der Waals surface area contributed by atoms with E-state index >= 15 is 0 Å². The van der Waals surface area contributed by atoms with Gasteiger partial charge in [0, 0.05) is 83.9 Å². The third-order valence-electron chi connectivity index (χ3n) is 12.4. The number of benzene rings is 1. The molecule has 0 saturated carbocycles. The summed E-state index contributed by atoms with van der Waals surface area (Å²) < 4.78 is 56.5. The summed E-state index contributed by atoms with van der Waals surface area (Å²) in [6, 6.07) is 53.3. The van der Waals surface area contributed by atoms with Crippen LogP contribution >= 0.6 is 0 Å². The zero-order valence-electron chi connectivity index (χ0n) is 46.8. The molecule has 0 amide bonds. The van der Waals surface area contributed by atoms with Crippen molar-refractivity contribution in [3.8, 4) is 0 Å². The summed E-state index contributed by atoms with van der Waals surface area (Å²) in [6.07, 6.45) is 8.74. The summed E-state index contributed by atoms with van der Waals surface area (Å²) in [5, 5.41) is 9.51. The van der Waals surface area contributed by atoms with Crippen molar-refractivity contribution in [1.29, 1.82) is 0 Å². The summed E-state index contributed by atoms with van der Waals surface area (Å²) in [4.78, 5) is 53.8. The van der Waals surface area contributed by atoms with Crippen LogP contribution in [0.15, 0.2) is 201 Å². The topological polar surface area (TPSA) is 187 Å². The first-order chi connectivity index (χ1) is 41.3. The number of ether oxygens (including phenoxy) is 4. The molecule has 0 spiro atoms.